The van der Waals surface area contributed by atoms with Crippen LogP contribution in [0.5, 0.6) is 0 Å². The summed E-state index contributed by atoms with van der Waals surface area (Å²) in [5.74, 6) is -2.32. The number of benzene rings is 2. The second-order valence-corrected chi connectivity index (χ2v) is 11.2. The highest BCUT2D eigenvalue weighted by Gasteiger charge is 2.34. The van der Waals surface area contributed by atoms with Crippen LogP contribution in [0.25, 0.3) is 22.6 Å². The Kier molecular flexibility index (Phi) is 8.76. The van der Waals surface area contributed by atoms with Crippen molar-refractivity contribution < 1.29 is 23.1 Å². The third-order valence-electron chi connectivity index (χ3n) is 8.05. The number of piperidine rings is 1. The van der Waals surface area contributed by atoms with Gasteiger partial charge < -0.3 is 20.7 Å². The highest BCUT2D eigenvalue weighted by molar-refractivity contribution is 5.78. The third-order valence-corrected chi connectivity index (χ3v) is 8.05. The number of aliphatic hydroxyl groups is 1. The molecule has 1 aliphatic rings. The highest BCUT2D eigenvalue weighted by Crippen LogP contribution is 2.35. The van der Waals surface area contributed by atoms with Crippen LogP contribution >= 0.6 is 0 Å². The molecule has 12 nitrogen and oxygen atoms in total. The van der Waals surface area contributed by atoms with Crippen LogP contribution in [0.3, 0.4) is 0 Å². The van der Waals surface area contributed by atoms with E-state index in [0.29, 0.717) is 43.4 Å². The van der Waals surface area contributed by atoms with Crippen LogP contribution < -0.4 is 11.1 Å². The van der Waals surface area contributed by atoms with Crippen LogP contribution in [-0.4, -0.2) is 76.4 Å². The zero-order chi connectivity index (χ0) is 32.3. The van der Waals surface area contributed by atoms with Gasteiger partial charge in [-0.1, -0.05) is 6.07 Å². The molecule has 0 bridgehead atoms. The van der Waals surface area contributed by atoms with Gasteiger partial charge in [-0.15, -0.1) is 0 Å². The van der Waals surface area contributed by atoms with Gasteiger partial charge in [-0.3, -0.25) is 9.69 Å². The van der Waals surface area contributed by atoms with Gasteiger partial charge in [-0.25, -0.2) is 37.8 Å². The summed E-state index contributed by atoms with van der Waals surface area (Å²) in [5, 5.41) is 18.1. The maximum atomic E-state index is 14.7. The second kappa shape index (κ2) is 13.1. The summed E-state index contributed by atoms with van der Waals surface area (Å²) in [4.78, 5) is 31.9. The van der Waals surface area contributed by atoms with Crippen molar-refractivity contribution in [1.82, 2.24) is 44.5 Å². The molecular formula is C31H31F3N10O2. The van der Waals surface area contributed by atoms with E-state index in [4.69, 9.17) is 5.73 Å². The Bertz CT molecular complexity index is 1810. The summed E-state index contributed by atoms with van der Waals surface area (Å²) in [7, 11) is 0. The predicted octanol–water partition coefficient (Wildman–Crippen LogP) is 2.94. The summed E-state index contributed by atoms with van der Waals surface area (Å²) in [6.45, 7) is 0.675. The molecule has 1 aliphatic heterocycles. The van der Waals surface area contributed by atoms with Crippen molar-refractivity contribution in [1.29, 1.82) is 0 Å². The summed E-state index contributed by atoms with van der Waals surface area (Å²) in [5.41, 5.74) is 6.48. The number of likely N-dealkylation sites (tertiary alicyclic amines) is 1. The number of hydrogen-bond donors (Lipinski definition) is 3. The molecule has 0 aliphatic carbocycles. The maximum Gasteiger partial charge on any atom is 0.234 e. The average molecular weight is 633 g/mol. The molecule has 1 fully saturated rings. The van der Waals surface area contributed by atoms with E-state index in [2.05, 4.69) is 30.4 Å². The van der Waals surface area contributed by atoms with E-state index < -0.39 is 17.2 Å². The van der Waals surface area contributed by atoms with Gasteiger partial charge in [0.15, 0.2) is 0 Å². The smallest absolute Gasteiger partial charge is 0.234 e. The van der Waals surface area contributed by atoms with Crippen molar-refractivity contribution in [2.24, 2.45) is 0 Å². The van der Waals surface area contributed by atoms with Gasteiger partial charge in [0.1, 0.15) is 35.7 Å². The number of imidazole rings is 1. The van der Waals surface area contributed by atoms with E-state index in [1.165, 1.54) is 29.5 Å². The molecule has 1 unspecified atom stereocenters. The van der Waals surface area contributed by atoms with Crippen molar-refractivity contribution in [3.63, 3.8) is 0 Å². The van der Waals surface area contributed by atoms with Crippen molar-refractivity contribution in [2.45, 2.75) is 31.0 Å². The van der Waals surface area contributed by atoms with Gasteiger partial charge in [-0.05, 0) is 49.2 Å². The molecule has 1 amide bonds. The molecule has 2 aromatic carbocycles. The molecule has 3 aromatic heterocycles. The zero-order valence-electron chi connectivity index (χ0n) is 24.6. The standard InChI is InChI=1S/C31H31F3N10O2/c32-21-3-1-20(2-4-21)28-29(26-7-10-37-30(35)41-26)44(19-39-28)23-8-11-42(12-9-23)14-27(45)38-15-31(46,16-43-18-36-17-40-43)24-6-5-22(33)13-25(24)34/h1-7,10,13,17-19,23,46H,8-9,11-12,14-16H2,(H,38,45)(H2,35,37,41). The highest BCUT2D eigenvalue weighted by atomic mass is 19.1. The molecule has 4 heterocycles. The van der Waals surface area contributed by atoms with Crippen molar-refractivity contribution >= 4 is 11.9 Å². The normalized spacial score (nSPS) is 15.5. The molecule has 0 radical (unpaired) electrons. The number of rotatable bonds is 10. The van der Waals surface area contributed by atoms with Crippen LogP contribution in [0.4, 0.5) is 19.1 Å². The maximum absolute atomic E-state index is 14.7. The van der Waals surface area contributed by atoms with E-state index in [1.54, 1.807) is 30.7 Å². The molecule has 1 saturated heterocycles. The van der Waals surface area contributed by atoms with Gasteiger partial charge in [0.05, 0.1) is 43.0 Å². The molecule has 0 saturated carbocycles. The summed E-state index contributed by atoms with van der Waals surface area (Å²) in [6.07, 6.45) is 7.32. The lowest BCUT2D eigenvalue weighted by Crippen LogP contribution is -2.48. The fourth-order valence-electron chi connectivity index (χ4n) is 5.76. The van der Waals surface area contributed by atoms with Crippen LogP contribution in [0, 0.1) is 17.5 Å². The minimum Gasteiger partial charge on any atom is -0.381 e. The average Bonchev–Trinajstić information content (AvgIpc) is 3.71. The van der Waals surface area contributed by atoms with E-state index in [1.807, 2.05) is 9.47 Å². The lowest BCUT2D eigenvalue weighted by molar-refractivity contribution is -0.124. The topological polar surface area (TPSA) is 153 Å². The minimum absolute atomic E-state index is 0.0291. The fourth-order valence-corrected chi connectivity index (χ4v) is 5.76. The van der Waals surface area contributed by atoms with Gasteiger partial charge in [0, 0.05) is 42.5 Å². The van der Waals surface area contributed by atoms with Crippen LogP contribution in [0.2, 0.25) is 0 Å². The Hall–Kier alpha value is -5.15. The number of halogens is 3. The molecule has 1 atom stereocenters. The monoisotopic (exact) mass is 632 g/mol. The summed E-state index contributed by atoms with van der Waals surface area (Å²) in [6, 6.07) is 10.7. The Labute approximate surface area is 261 Å². The lowest BCUT2D eigenvalue weighted by Gasteiger charge is -2.33. The van der Waals surface area contributed by atoms with E-state index >= 15 is 0 Å². The first-order valence-electron chi connectivity index (χ1n) is 14.6. The molecule has 46 heavy (non-hydrogen) atoms. The first-order valence-corrected chi connectivity index (χ1v) is 14.6. The number of nitrogens with two attached hydrogens (primary N) is 1. The van der Waals surface area contributed by atoms with Gasteiger partial charge >= 0.3 is 0 Å². The Morgan fingerprint density at radius 1 is 1.02 bits per heavy atom. The van der Waals surface area contributed by atoms with Gasteiger partial charge in [0.25, 0.3) is 0 Å². The molecule has 6 rings (SSSR count). The van der Waals surface area contributed by atoms with Crippen molar-refractivity contribution in [2.75, 3.05) is 31.9 Å². The third kappa shape index (κ3) is 6.74. The van der Waals surface area contributed by atoms with Crippen LogP contribution in [0.15, 0.2) is 73.7 Å². The zero-order valence-corrected chi connectivity index (χ0v) is 24.6. The SMILES string of the molecule is Nc1nccc(-c2c(-c3ccc(F)cc3)ncn2C2CCN(CC(=O)NCC(O)(Cn3cncn3)c3ccc(F)cc3F)CC2)n1. The first-order chi connectivity index (χ1) is 22.2. The number of nitrogens with one attached hydrogen (secondary N) is 1. The molecule has 5 aromatic rings. The quantitative estimate of drug-likeness (QED) is 0.211. The van der Waals surface area contributed by atoms with E-state index in [9.17, 15) is 23.1 Å². The summed E-state index contributed by atoms with van der Waals surface area (Å²) < 4.78 is 45.3. The number of nitrogens with zero attached hydrogens (tertiary/aromatic N) is 8. The Balaban J connectivity index is 1.13. The number of anilines is 1. The number of hydrogen-bond acceptors (Lipinski definition) is 9. The first kappa shape index (κ1) is 30.9. The molecular weight excluding hydrogens is 601 g/mol. The van der Waals surface area contributed by atoms with E-state index in [-0.39, 0.29) is 48.9 Å². The lowest BCUT2D eigenvalue weighted by atomic mass is 9.92. The Morgan fingerprint density at radius 2 is 1.78 bits per heavy atom. The van der Waals surface area contributed by atoms with Gasteiger partial charge in [-0.2, -0.15) is 5.10 Å². The Morgan fingerprint density at radius 3 is 2.48 bits per heavy atom. The molecule has 238 valence electrons. The van der Waals surface area contributed by atoms with Crippen molar-refractivity contribution in [3.05, 3.63) is 96.7 Å². The van der Waals surface area contributed by atoms with Crippen LogP contribution in [0.1, 0.15) is 24.4 Å². The predicted molar refractivity (Wildman–Crippen MR) is 161 cm³/mol. The minimum atomic E-state index is -1.92. The number of amides is 1. The number of carbonyl (C=O) groups excluding carboxylic acids is 1. The molecule has 4 N–H and O–H groups in total. The van der Waals surface area contributed by atoms with Crippen LogP contribution in [-0.2, 0) is 16.9 Å². The molecule has 0 spiro atoms. The van der Waals surface area contributed by atoms with Crippen molar-refractivity contribution in [3.8, 4) is 22.6 Å². The number of aromatic nitrogens is 7. The van der Waals surface area contributed by atoms with E-state index in [0.717, 1.165) is 23.4 Å². The summed E-state index contributed by atoms with van der Waals surface area (Å²) >= 11 is 0. The second-order valence-electron chi connectivity index (χ2n) is 11.2. The van der Waals surface area contributed by atoms with Gasteiger partial charge in [0.2, 0.25) is 11.9 Å². The number of carbonyl (C=O) groups is 1. The number of nitrogen functional groups attached to an aromatic ring is 1. The fraction of sp³-hybridized carbons (Fsp3) is 0.290. The molecule has 15 heteroatoms. The largest absolute Gasteiger partial charge is 0.381 e.